The molecule has 0 saturated carbocycles. The Morgan fingerprint density at radius 1 is 0.857 bits per heavy atom. The molecular formula is C16H10F2N2S. The number of nitrogens with zero attached hydrogens (tertiary/aromatic N) is 1. The molecule has 1 aromatic heterocycles. The van der Waals surface area contributed by atoms with Gasteiger partial charge in [-0.25, -0.2) is 13.8 Å². The molecule has 0 fully saturated rings. The highest BCUT2D eigenvalue weighted by Gasteiger charge is 2.07. The summed E-state index contributed by atoms with van der Waals surface area (Å²) in [6.45, 7) is 0. The van der Waals surface area contributed by atoms with Crippen LogP contribution in [0.5, 0.6) is 0 Å². The number of hydrogen-bond acceptors (Lipinski definition) is 2. The Kier molecular flexibility index (Phi) is 3.58. The third-order valence-electron chi connectivity index (χ3n) is 2.96. The highest BCUT2D eigenvalue weighted by molar-refractivity contribution is 7.71. The quantitative estimate of drug-likeness (QED) is 0.692. The van der Waals surface area contributed by atoms with Crippen LogP contribution in [-0.4, -0.2) is 9.97 Å². The summed E-state index contributed by atoms with van der Waals surface area (Å²) in [6, 6.07) is 14.3. The molecule has 0 bridgehead atoms. The van der Waals surface area contributed by atoms with Gasteiger partial charge in [0.1, 0.15) is 22.1 Å². The second-order valence-electron chi connectivity index (χ2n) is 4.51. The number of halogens is 2. The van der Waals surface area contributed by atoms with Gasteiger partial charge in [0.25, 0.3) is 0 Å². The van der Waals surface area contributed by atoms with Gasteiger partial charge in [0, 0.05) is 17.2 Å². The number of rotatable bonds is 2. The molecule has 0 atom stereocenters. The molecule has 0 amide bonds. The number of H-pyrrole nitrogens is 1. The molecule has 3 aromatic rings. The number of benzene rings is 2. The van der Waals surface area contributed by atoms with Crippen molar-refractivity contribution < 1.29 is 8.78 Å². The Hall–Kier alpha value is -2.40. The Morgan fingerprint density at radius 3 is 2.19 bits per heavy atom. The summed E-state index contributed by atoms with van der Waals surface area (Å²) >= 11 is 5.13. The number of aromatic nitrogens is 2. The van der Waals surface area contributed by atoms with Crippen LogP contribution in [0.2, 0.25) is 0 Å². The summed E-state index contributed by atoms with van der Waals surface area (Å²) in [5.74, 6) is -0.715. The highest BCUT2D eigenvalue weighted by atomic mass is 32.1. The van der Waals surface area contributed by atoms with E-state index in [0.717, 1.165) is 11.6 Å². The minimum atomic E-state index is -0.637. The van der Waals surface area contributed by atoms with E-state index in [1.54, 1.807) is 6.07 Å². The molecule has 1 heterocycles. The van der Waals surface area contributed by atoms with Gasteiger partial charge in [0.2, 0.25) is 0 Å². The summed E-state index contributed by atoms with van der Waals surface area (Å²) < 4.78 is 27.0. The minimum absolute atomic E-state index is 0.354. The first-order chi connectivity index (χ1) is 10.1. The molecule has 3 rings (SSSR count). The smallest absolute Gasteiger partial charge is 0.139 e. The Morgan fingerprint density at radius 2 is 1.52 bits per heavy atom. The molecule has 0 saturated heterocycles. The lowest BCUT2D eigenvalue weighted by Gasteiger charge is -2.07. The normalized spacial score (nSPS) is 10.6. The number of aromatic amines is 1. The molecule has 0 aliphatic carbocycles. The summed E-state index contributed by atoms with van der Waals surface area (Å²) in [6.07, 6.45) is 0. The predicted molar refractivity (Wildman–Crippen MR) is 80.2 cm³/mol. The van der Waals surface area contributed by atoms with Crippen molar-refractivity contribution in [2.75, 3.05) is 0 Å². The summed E-state index contributed by atoms with van der Waals surface area (Å²) in [5.41, 5.74) is 1.76. The van der Waals surface area contributed by atoms with E-state index in [1.165, 1.54) is 12.1 Å². The molecule has 2 aromatic carbocycles. The predicted octanol–water partition coefficient (Wildman–Crippen LogP) is 4.75. The van der Waals surface area contributed by atoms with E-state index in [4.69, 9.17) is 12.2 Å². The third kappa shape index (κ3) is 3.03. The van der Waals surface area contributed by atoms with Gasteiger partial charge >= 0.3 is 0 Å². The SMILES string of the molecule is Fc1cc(F)cc(-c2cc(=S)nc(-c3ccccc3)[nH]2)c1. The molecule has 2 nitrogen and oxygen atoms in total. The van der Waals surface area contributed by atoms with Crippen LogP contribution in [0.4, 0.5) is 8.78 Å². The molecule has 0 aliphatic heterocycles. The average molecular weight is 300 g/mol. The summed E-state index contributed by atoms with van der Waals surface area (Å²) in [5, 5.41) is 0. The van der Waals surface area contributed by atoms with Gasteiger partial charge in [0.05, 0.1) is 5.69 Å². The van der Waals surface area contributed by atoms with Crippen molar-refractivity contribution >= 4 is 12.2 Å². The average Bonchev–Trinajstić information content (AvgIpc) is 2.46. The van der Waals surface area contributed by atoms with Gasteiger partial charge in [-0.2, -0.15) is 0 Å². The lowest BCUT2D eigenvalue weighted by atomic mass is 10.1. The Balaban J connectivity index is 2.16. The standard InChI is InChI=1S/C16H10F2N2S/c17-12-6-11(7-13(18)8-12)14-9-15(21)20-16(19-14)10-4-2-1-3-5-10/h1-9H,(H,19,20,21). The monoisotopic (exact) mass is 300 g/mol. The third-order valence-corrected chi connectivity index (χ3v) is 3.17. The molecule has 1 N–H and O–H groups in total. The van der Waals surface area contributed by atoms with Gasteiger partial charge < -0.3 is 4.98 Å². The van der Waals surface area contributed by atoms with Crippen LogP contribution < -0.4 is 0 Å². The number of nitrogens with one attached hydrogen (secondary N) is 1. The van der Waals surface area contributed by atoms with Crippen molar-refractivity contribution in [3.63, 3.8) is 0 Å². The maximum Gasteiger partial charge on any atom is 0.139 e. The van der Waals surface area contributed by atoms with E-state index >= 15 is 0 Å². The lowest BCUT2D eigenvalue weighted by Crippen LogP contribution is -1.94. The second-order valence-corrected chi connectivity index (χ2v) is 4.92. The van der Waals surface area contributed by atoms with Crippen molar-refractivity contribution in [2.24, 2.45) is 0 Å². The van der Waals surface area contributed by atoms with Gasteiger partial charge in [-0.05, 0) is 18.2 Å². The molecule has 0 spiro atoms. The van der Waals surface area contributed by atoms with E-state index < -0.39 is 11.6 Å². The van der Waals surface area contributed by atoms with Crippen LogP contribution >= 0.6 is 12.2 Å². The highest BCUT2D eigenvalue weighted by Crippen LogP contribution is 2.23. The Labute approximate surface area is 125 Å². The molecule has 0 radical (unpaired) electrons. The molecule has 5 heteroatoms. The first kappa shape index (κ1) is 13.6. The van der Waals surface area contributed by atoms with Crippen LogP contribution in [0.15, 0.2) is 54.6 Å². The summed E-state index contributed by atoms with van der Waals surface area (Å²) in [4.78, 5) is 7.31. The van der Waals surface area contributed by atoms with E-state index in [-0.39, 0.29) is 0 Å². The molecule has 21 heavy (non-hydrogen) atoms. The van der Waals surface area contributed by atoms with Crippen LogP contribution in [-0.2, 0) is 0 Å². The van der Waals surface area contributed by atoms with Gasteiger partial charge in [-0.3, -0.25) is 0 Å². The number of hydrogen-bond donors (Lipinski definition) is 1. The maximum absolute atomic E-state index is 13.3. The van der Waals surface area contributed by atoms with E-state index in [2.05, 4.69) is 9.97 Å². The molecular weight excluding hydrogens is 290 g/mol. The fraction of sp³-hybridized carbons (Fsp3) is 0. The maximum atomic E-state index is 13.3. The minimum Gasteiger partial charge on any atom is -0.339 e. The molecule has 0 aliphatic rings. The van der Waals surface area contributed by atoms with Crippen LogP contribution in [0.3, 0.4) is 0 Å². The first-order valence-electron chi connectivity index (χ1n) is 6.25. The van der Waals surface area contributed by atoms with Gasteiger partial charge in [-0.1, -0.05) is 42.5 Å². The van der Waals surface area contributed by atoms with Crippen molar-refractivity contribution in [1.29, 1.82) is 0 Å². The van der Waals surface area contributed by atoms with Crippen LogP contribution in [0.1, 0.15) is 0 Å². The second kappa shape index (κ2) is 5.54. The zero-order chi connectivity index (χ0) is 14.8. The van der Waals surface area contributed by atoms with E-state index in [1.807, 2.05) is 30.3 Å². The van der Waals surface area contributed by atoms with E-state index in [0.29, 0.717) is 21.7 Å². The zero-order valence-corrected chi connectivity index (χ0v) is 11.6. The molecule has 0 unspecified atom stereocenters. The first-order valence-corrected chi connectivity index (χ1v) is 6.66. The fourth-order valence-electron chi connectivity index (χ4n) is 2.06. The molecule has 104 valence electrons. The van der Waals surface area contributed by atoms with E-state index in [9.17, 15) is 8.78 Å². The van der Waals surface area contributed by atoms with Crippen molar-refractivity contribution in [2.45, 2.75) is 0 Å². The topological polar surface area (TPSA) is 28.7 Å². The lowest BCUT2D eigenvalue weighted by molar-refractivity contribution is 0.584. The van der Waals surface area contributed by atoms with Gasteiger partial charge in [-0.15, -0.1) is 0 Å². The Bertz CT molecular complexity index is 824. The van der Waals surface area contributed by atoms with Crippen molar-refractivity contribution in [3.05, 3.63) is 70.9 Å². The fourth-order valence-corrected chi connectivity index (χ4v) is 2.26. The zero-order valence-electron chi connectivity index (χ0n) is 10.8. The van der Waals surface area contributed by atoms with Crippen molar-refractivity contribution in [1.82, 2.24) is 9.97 Å². The largest absolute Gasteiger partial charge is 0.339 e. The summed E-state index contributed by atoms with van der Waals surface area (Å²) in [7, 11) is 0. The van der Waals surface area contributed by atoms with Crippen molar-refractivity contribution in [3.8, 4) is 22.6 Å². The van der Waals surface area contributed by atoms with Crippen LogP contribution in [0.25, 0.3) is 22.6 Å². The van der Waals surface area contributed by atoms with Crippen LogP contribution in [0, 0.1) is 16.3 Å². The van der Waals surface area contributed by atoms with Gasteiger partial charge in [0.15, 0.2) is 0 Å².